The lowest BCUT2D eigenvalue weighted by Crippen LogP contribution is -2.33. The summed E-state index contributed by atoms with van der Waals surface area (Å²) < 4.78 is 27.6. The van der Waals surface area contributed by atoms with Crippen LogP contribution in [0.1, 0.15) is 29.0 Å². The second kappa shape index (κ2) is 4.62. The number of carboxylic acids is 1. The number of hydrogen-bond acceptors (Lipinski definition) is 3. The maximum absolute atomic E-state index is 12.0. The highest BCUT2D eigenvalue weighted by atomic mass is 32.2. The van der Waals surface area contributed by atoms with Crippen molar-refractivity contribution in [2.24, 2.45) is 0 Å². The van der Waals surface area contributed by atoms with Crippen molar-refractivity contribution >= 4 is 21.9 Å². The van der Waals surface area contributed by atoms with Crippen LogP contribution in [0.4, 0.5) is 5.69 Å². The lowest BCUT2D eigenvalue weighted by Gasteiger charge is -2.16. The van der Waals surface area contributed by atoms with E-state index in [0.717, 1.165) is 12.8 Å². The lowest BCUT2D eigenvalue weighted by molar-refractivity contribution is 0.0692. The Hall–Kier alpha value is -1.54. The lowest BCUT2D eigenvalue weighted by atomic mass is 10.4. The second-order valence-electron chi connectivity index (χ2n) is 4.26. The van der Waals surface area contributed by atoms with Crippen molar-refractivity contribution in [1.29, 1.82) is 0 Å². The minimum absolute atomic E-state index is 0.0758. The fourth-order valence-electron chi connectivity index (χ4n) is 1.97. The molecular weight excluding hydrogens is 258 g/mol. The molecule has 0 saturated carbocycles. The molecule has 1 aromatic heterocycles. The summed E-state index contributed by atoms with van der Waals surface area (Å²) in [7, 11) is -3.66. The van der Waals surface area contributed by atoms with Crippen LogP contribution in [-0.2, 0) is 10.2 Å². The maximum atomic E-state index is 12.0. The number of nitrogens with one attached hydrogen (secondary N) is 2. The highest BCUT2D eigenvalue weighted by molar-refractivity contribution is 7.90. The third-order valence-corrected chi connectivity index (χ3v) is 4.33. The Morgan fingerprint density at radius 3 is 2.61 bits per heavy atom. The van der Waals surface area contributed by atoms with Gasteiger partial charge in [0.05, 0.1) is 5.69 Å². The van der Waals surface area contributed by atoms with Crippen molar-refractivity contribution < 1.29 is 18.3 Å². The number of hydrogen-bond donors (Lipinski definition) is 3. The predicted molar refractivity (Wildman–Crippen MR) is 65.8 cm³/mol. The fourth-order valence-corrected chi connectivity index (χ4v) is 3.28. The van der Waals surface area contributed by atoms with Gasteiger partial charge in [-0.25, -0.2) is 4.79 Å². The smallest absolute Gasteiger partial charge is 0.354 e. The summed E-state index contributed by atoms with van der Waals surface area (Å²) in [4.78, 5) is 13.6. The minimum Gasteiger partial charge on any atom is -0.477 e. The zero-order valence-corrected chi connectivity index (χ0v) is 10.7. The van der Waals surface area contributed by atoms with Crippen LogP contribution in [-0.4, -0.2) is 41.9 Å². The molecule has 1 saturated heterocycles. The largest absolute Gasteiger partial charge is 0.477 e. The SMILES string of the molecule is Cc1cc(NS(=O)(=O)N2CCCC2)c(C(=O)O)[nH]1. The van der Waals surface area contributed by atoms with Gasteiger partial charge in [-0.05, 0) is 25.8 Å². The van der Waals surface area contributed by atoms with Crippen LogP contribution in [0.5, 0.6) is 0 Å². The van der Waals surface area contributed by atoms with Gasteiger partial charge < -0.3 is 10.1 Å². The molecule has 2 rings (SSSR count). The third-order valence-electron chi connectivity index (χ3n) is 2.81. The molecule has 1 aliphatic heterocycles. The van der Waals surface area contributed by atoms with Crippen LogP contribution in [0, 0.1) is 6.92 Å². The molecular formula is C10H15N3O4S. The molecule has 0 amide bonds. The van der Waals surface area contributed by atoms with E-state index < -0.39 is 16.2 Å². The molecule has 0 atom stereocenters. The third kappa shape index (κ3) is 2.49. The van der Waals surface area contributed by atoms with Crippen molar-refractivity contribution in [1.82, 2.24) is 9.29 Å². The quantitative estimate of drug-likeness (QED) is 0.754. The number of aryl methyl sites for hydroxylation is 1. The predicted octanol–water partition coefficient (Wildman–Crippen LogP) is 0.774. The van der Waals surface area contributed by atoms with Crippen molar-refractivity contribution in [3.05, 3.63) is 17.5 Å². The van der Waals surface area contributed by atoms with E-state index in [0.29, 0.717) is 18.8 Å². The highest BCUT2D eigenvalue weighted by Gasteiger charge is 2.27. The molecule has 1 aromatic rings. The van der Waals surface area contributed by atoms with Crippen LogP contribution in [0.15, 0.2) is 6.07 Å². The molecule has 8 heteroatoms. The summed E-state index contributed by atoms with van der Waals surface area (Å²) in [5, 5.41) is 8.96. The number of aromatic carboxylic acids is 1. The van der Waals surface area contributed by atoms with E-state index in [4.69, 9.17) is 5.11 Å². The molecule has 2 heterocycles. The van der Waals surface area contributed by atoms with Crippen molar-refractivity contribution in [2.75, 3.05) is 17.8 Å². The van der Waals surface area contributed by atoms with Gasteiger partial charge in [0.2, 0.25) is 0 Å². The molecule has 1 fully saturated rings. The Labute approximate surface area is 105 Å². The summed E-state index contributed by atoms with van der Waals surface area (Å²) in [6.07, 6.45) is 1.66. The Bertz CT molecular complexity index is 558. The van der Waals surface area contributed by atoms with Crippen LogP contribution >= 0.6 is 0 Å². The summed E-state index contributed by atoms with van der Waals surface area (Å²) in [6, 6.07) is 1.47. The minimum atomic E-state index is -3.66. The van der Waals surface area contributed by atoms with Crippen LogP contribution in [0.3, 0.4) is 0 Å². The second-order valence-corrected chi connectivity index (χ2v) is 5.93. The molecule has 0 aromatic carbocycles. The van der Waals surface area contributed by atoms with E-state index in [-0.39, 0.29) is 11.4 Å². The van der Waals surface area contributed by atoms with Crippen molar-refractivity contribution in [3.63, 3.8) is 0 Å². The standard InChI is InChI=1S/C10H15N3O4S/c1-7-6-8(9(11-7)10(14)15)12-18(16,17)13-4-2-3-5-13/h6,11-12H,2-5H2,1H3,(H,14,15). The van der Waals surface area contributed by atoms with Gasteiger partial charge in [0, 0.05) is 18.8 Å². The average molecular weight is 273 g/mol. The summed E-state index contributed by atoms with van der Waals surface area (Å²) in [6.45, 7) is 2.61. The first-order valence-electron chi connectivity index (χ1n) is 5.61. The van der Waals surface area contributed by atoms with Crippen LogP contribution < -0.4 is 4.72 Å². The fraction of sp³-hybridized carbons (Fsp3) is 0.500. The Morgan fingerprint density at radius 2 is 2.06 bits per heavy atom. The van der Waals surface area contributed by atoms with Crippen LogP contribution in [0.25, 0.3) is 0 Å². The van der Waals surface area contributed by atoms with Crippen molar-refractivity contribution in [2.45, 2.75) is 19.8 Å². The van der Waals surface area contributed by atoms with E-state index in [9.17, 15) is 13.2 Å². The molecule has 7 nitrogen and oxygen atoms in total. The number of anilines is 1. The topological polar surface area (TPSA) is 102 Å². The number of aromatic nitrogens is 1. The number of carboxylic acid groups (broad SMARTS) is 1. The molecule has 0 radical (unpaired) electrons. The monoisotopic (exact) mass is 273 g/mol. The number of rotatable bonds is 4. The molecule has 0 unspecified atom stereocenters. The Morgan fingerprint density at radius 1 is 1.44 bits per heavy atom. The summed E-state index contributed by atoms with van der Waals surface area (Å²) in [5.74, 6) is -1.19. The normalized spacial score (nSPS) is 16.9. The van der Waals surface area contributed by atoms with Gasteiger partial charge in [-0.15, -0.1) is 0 Å². The van der Waals surface area contributed by atoms with Gasteiger partial charge >= 0.3 is 16.2 Å². The first-order valence-corrected chi connectivity index (χ1v) is 7.05. The van der Waals surface area contributed by atoms with E-state index in [1.54, 1.807) is 6.92 Å². The van der Waals surface area contributed by atoms with Gasteiger partial charge in [0.25, 0.3) is 0 Å². The van der Waals surface area contributed by atoms with Gasteiger partial charge in [-0.3, -0.25) is 4.72 Å². The van der Waals surface area contributed by atoms with E-state index in [1.165, 1.54) is 10.4 Å². The Kier molecular flexibility index (Phi) is 3.31. The first kappa shape index (κ1) is 12.9. The molecule has 100 valence electrons. The number of carbonyl (C=O) groups is 1. The van der Waals surface area contributed by atoms with Crippen LogP contribution in [0.2, 0.25) is 0 Å². The molecule has 0 bridgehead atoms. The van der Waals surface area contributed by atoms with E-state index >= 15 is 0 Å². The van der Waals surface area contributed by atoms with Gasteiger partial charge in [-0.2, -0.15) is 12.7 Å². The van der Waals surface area contributed by atoms with E-state index in [1.807, 2.05) is 0 Å². The van der Waals surface area contributed by atoms with E-state index in [2.05, 4.69) is 9.71 Å². The summed E-state index contributed by atoms with van der Waals surface area (Å²) >= 11 is 0. The molecule has 0 aliphatic carbocycles. The van der Waals surface area contributed by atoms with Crippen molar-refractivity contribution in [3.8, 4) is 0 Å². The van der Waals surface area contributed by atoms with Gasteiger partial charge in [0.1, 0.15) is 5.69 Å². The maximum Gasteiger partial charge on any atom is 0.354 e. The average Bonchev–Trinajstić information content (AvgIpc) is 2.86. The molecule has 1 aliphatic rings. The van der Waals surface area contributed by atoms with Gasteiger partial charge in [-0.1, -0.05) is 0 Å². The number of H-pyrrole nitrogens is 1. The molecule has 18 heavy (non-hydrogen) atoms. The number of nitrogens with zero attached hydrogens (tertiary/aromatic N) is 1. The molecule has 0 spiro atoms. The number of aromatic amines is 1. The summed E-state index contributed by atoms with van der Waals surface area (Å²) in [5.41, 5.74) is 0.522. The zero-order valence-electron chi connectivity index (χ0n) is 9.93. The Balaban J connectivity index is 2.25. The molecule has 3 N–H and O–H groups in total. The first-order chi connectivity index (χ1) is 8.40. The van der Waals surface area contributed by atoms with Gasteiger partial charge in [0.15, 0.2) is 0 Å². The highest BCUT2D eigenvalue weighted by Crippen LogP contribution is 2.21. The zero-order chi connectivity index (χ0) is 13.3.